The predicted octanol–water partition coefficient (Wildman–Crippen LogP) is 6.27. The van der Waals surface area contributed by atoms with Gasteiger partial charge >= 0.3 is 5.97 Å². The summed E-state index contributed by atoms with van der Waals surface area (Å²) in [6.45, 7) is 6.43. The number of hydrogen-bond acceptors (Lipinski definition) is 5. The van der Waals surface area contributed by atoms with Crippen LogP contribution in [0.25, 0.3) is 11.3 Å². The van der Waals surface area contributed by atoms with Crippen LogP contribution in [0.1, 0.15) is 74.7 Å². The Balaban J connectivity index is 1.47. The van der Waals surface area contributed by atoms with Crippen LogP contribution in [0.4, 0.5) is 5.69 Å². The van der Waals surface area contributed by atoms with Crippen LogP contribution in [0.2, 0.25) is 0 Å². The lowest BCUT2D eigenvalue weighted by Crippen LogP contribution is -2.39. The molecule has 0 spiro atoms. The highest BCUT2D eigenvalue weighted by Crippen LogP contribution is 2.41. The van der Waals surface area contributed by atoms with E-state index in [0.29, 0.717) is 35.7 Å². The van der Waals surface area contributed by atoms with E-state index in [9.17, 15) is 9.59 Å². The number of methoxy groups -OCH3 is 1. The number of aromatic nitrogens is 1. The number of benzene rings is 2. The van der Waals surface area contributed by atoms with Crippen LogP contribution in [0.5, 0.6) is 0 Å². The number of carbonyl (C=O) groups is 2. The Morgan fingerprint density at radius 3 is 2.21 bits per heavy atom. The second-order valence-corrected chi connectivity index (χ2v) is 10.0. The molecule has 6 nitrogen and oxygen atoms in total. The molecular weight excluding hydrogens is 428 g/mol. The first-order valence-electron chi connectivity index (χ1n) is 11.8. The first-order chi connectivity index (χ1) is 16.2. The molecule has 178 valence electrons. The van der Waals surface area contributed by atoms with Gasteiger partial charge in [-0.3, -0.25) is 9.59 Å². The molecule has 1 saturated carbocycles. The van der Waals surface area contributed by atoms with Gasteiger partial charge < -0.3 is 14.5 Å². The molecule has 1 aliphatic rings. The second-order valence-electron chi connectivity index (χ2n) is 10.0. The number of anilines is 1. The van der Waals surface area contributed by atoms with E-state index in [1.165, 1.54) is 12.7 Å². The summed E-state index contributed by atoms with van der Waals surface area (Å²) in [6, 6.07) is 15.1. The molecule has 3 aromatic rings. The average molecular weight is 461 g/mol. The van der Waals surface area contributed by atoms with Crippen molar-refractivity contribution in [2.75, 3.05) is 12.4 Å². The van der Waals surface area contributed by atoms with Crippen molar-refractivity contribution >= 4 is 17.6 Å². The van der Waals surface area contributed by atoms with Crippen molar-refractivity contribution in [1.29, 1.82) is 0 Å². The Morgan fingerprint density at radius 2 is 1.62 bits per heavy atom. The monoisotopic (exact) mass is 460 g/mol. The van der Waals surface area contributed by atoms with Gasteiger partial charge in [-0.15, -0.1) is 0 Å². The third-order valence-electron chi connectivity index (χ3n) is 6.64. The topological polar surface area (TPSA) is 81.4 Å². The number of amides is 1. The van der Waals surface area contributed by atoms with E-state index in [1.54, 1.807) is 6.20 Å². The Morgan fingerprint density at radius 1 is 0.971 bits per heavy atom. The molecule has 0 aliphatic heterocycles. The van der Waals surface area contributed by atoms with Gasteiger partial charge in [0.25, 0.3) is 5.91 Å². The first kappa shape index (κ1) is 23.7. The maximum absolute atomic E-state index is 12.7. The smallest absolute Gasteiger partial charge is 0.321 e. The number of nitrogens with one attached hydrogen (secondary N) is 1. The van der Waals surface area contributed by atoms with Gasteiger partial charge in [-0.25, -0.2) is 4.98 Å². The Bertz CT molecular complexity index is 1150. The third kappa shape index (κ3) is 4.76. The average Bonchev–Trinajstić information content (AvgIpc) is 3.35. The van der Waals surface area contributed by atoms with E-state index in [4.69, 9.17) is 9.15 Å². The number of oxazole rings is 1. The summed E-state index contributed by atoms with van der Waals surface area (Å²) in [5.74, 6) is 0.561. The molecule has 1 aliphatic carbocycles. The SMILES string of the molecule is COC(=O)C1(c2ncc(-c3ccc(NC(=O)c4ccc(C(C)(C)C)cc4)cc3)o2)CCCCC1. The van der Waals surface area contributed by atoms with Crippen LogP contribution in [-0.4, -0.2) is 24.0 Å². The van der Waals surface area contributed by atoms with Crippen molar-refractivity contribution in [3.63, 3.8) is 0 Å². The van der Waals surface area contributed by atoms with Crippen LogP contribution in [-0.2, 0) is 20.4 Å². The van der Waals surface area contributed by atoms with Gasteiger partial charge in [-0.1, -0.05) is 52.2 Å². The molecule has 1 heterocycles. The molecular formula is C28H32N2O4. The number of nitrogens with zero attached hydrogens (tertiary/aromatic N) is 1. The maximum Gasteiger partial charge on any atom is 0.321 e. The summed E-state index contributed by atoms with van der Waals surface area (Å²) < 4.78 is 11.2. The summed E-state index contributed by atoms with van der Waals surface area (Å²) in [5, 5.41) is 2.93. The molecule has 1 fully saturated rings. The fraction of sp³-hybridized carbons (Fsp3) is 0.393. The van der Waals surface area contributed by atoms with Crippen molar-refractivity contribution < 1.29 is 18.7 Å². The minimum absolute atomic E-state index is 0.0406. The first-order valence-corrected chi connectivity index (χ1v) is 11.8. The van der Waals surface area contributed by atoms with Gasteiger partial charge in [0, 0.05) is 16.8 Å². The molecule has 34 heavy (non-hydrogen) atoms. The van der Waals surface area contributed by atoms with E-state index >= 15 is 0 Å². The lowest BCUT2D eigenvalue weighted by atomic mass is 9.74. The van der Waals surface area contributed by atoms with E-state index in [-0.39, 0.29) is 17.3 Å². The zero-order chi connectivity index (χ0) is 24.3. The maximum atomic E-state index is 12.7. The molecule has 0 bridgehead atoms. The number of carbonyl (C=O) groups excluding carboxylic acids is 2. The molecule has 2 aromatic carbocycles. The third-order valence-corrected chi connectivity index (χ3v) is 6.64. The highest BCUT2D eigenvalue weighted by Gasteiger charge is 2.46. The molecule has 0 saturated heterocycles. The van der Waals surface area contributed by atoms with E-state index in [0.717, 1.165) is 24.8 Å². The number of ether oxygens (including phenoxy) is 1. The van der Waals surface area contributed by atoms with E-state index in [2.05, 4.69) is 31.1 Å². The minimum atomic E-state index is -0.804. The van der Waals surface area contributed by atoms with Crippen molar-refractivity contribution in [3.8, 4) is 11.3 Å². The second kappa shape index (κ2) is 9.45. The Hall–Kier alpha value is -3.41. The molecule has 4 rings (SSSR count). The van der Waals surface area contributed by atoms with Gasteiger partial charge in [0.15, 0.2) is 5.76 Å². The van der Waals surface area contributed by atoms with Crippen molar-refractivity contribution in [1.82, 2.24) is 4.98 Å². The summed E-state index contributed by atoms with van der Waals surface area (Å²) >= 11 is 0. The van der Waals surface area contributed by atoms with Gasteiger partial charge in [-0.05, 0) is 60.2 Å². The van der Waals surface area contributed by atoms with Gasteiger partial charge in [0.1, 0.15) is 5.41 Å². The summed E-state index contributed by atoms with van der Waals surface area (Å²) in [7, 11) is 1.41. The standard InChI is InChI=1S/C28H32N2O4/c1-27(2,3)21-12-8-20(9-13-21)24(31)30-22-14-10-19(11-15-22)23-18-29-25(34-23)28(26(32)33-4)16-6-5-7-17-28/h8-15,18H,5-7,16-17H2,1-4H3,(H,30,31). The van der Waals surface area contributed by atoms with Crippen LogP contribution in [0.15, 0.2) is 59.1 Å². The van der Waals surface area contributed by atoms with Crippen molar-refractivity contribution in [2.24, 2.45) is 0 Å². The van der Waals surface area contributed by atoms with Gasteiger partial charge in [0.2, 0.25) is 5.89 Å². The lowest BCUT2D eigenvalue weighted by Gasteiger charge is -2.31. The largest absolute Gasteiger partial charge is 0.468 e. The Labute approximate surface area is 200 Å². The number of esters is 1. The van der Waals surface area contributed by atoms with Crippen molar-refractivity contribution in [2.45, 2.75) is 63.7 Å². The Kier molecular flexibility index (Phi) is 6.60. The summed E-state index contributed by atoms with van der Waals surface area (Å²) in [4.78, 5) is 29.7. The normalized spacial score (nSPS) is 15.5. The molecule has 0 atom stereocenters. The minimum Gasteiger partial charge on any atom is -0.468 e. The lowest BCUT2D eigenvalue weighted by molar-refractivity contribution is -0.150. The summed E-state index contributed by atoms with van der Waals surface area (Å²) in [5.41, 5.74) is 2.54. The van der Waals surface area contributed by atoms with Crippen LogP contribution < -0.4 is 5.32 Å². The highest BCUT2D eigenvalue weighted by molar-refractivity contribution is 6.04. The van der Waals surface area contributed by atoms with Gasteiger partial charge in [0.05, 0.1) is 13.3 Å². The quantitative estimate of drug-likeness (QED) is 0.454. The van der Waals surface area contributed by atoms with Crippen LogP contribution >= 0.6 is 0 Å². The van der Waals surface area contributed by atoms with Crippen LogP contribution in [0, 0.1) is 0 Å². The zero-order valence-electron chi connectivity index (χ0n) is 20.3. The predicted molar refractivity (Wildman–Crippen MR) is 132 cm³/mol. The van der Waals surface area contributed by atoms with E-state index < -0.39 is 5.41 Å². The number of hydrogen-bond donors (Lipinski definition) is 1. The molecule has 0 unspecified atom stereocenters. The zero-order valence-corrected chi connectivity index (χ0v) is 20.3. The molecule has 6 heteroatoms. The van der Waals surface area contributed by atoms with Crippen molar-refractivity contribution in [3.05, 3.63) is 71.7 Å². The molecule has 0 radical (unpaired) electrons. The fourth-order valence-electron chi connectivity index (χ4n) is 4.53. The molecule has 1 N–H and O–H groups in total. The number of rotatable bonds is 5. The molecule has 1 aromatic heterocycles. The van der Waals surface area contributed by atoms with E-state index in [1.807, 2.05) is 48.5 Å². The van der Waals surface area contributed by atoms with Crippen LogP contribution in [0.3, 0.4) is 0 Å². The summed E-state index contributed by atoms with van der Waals surface area (Å²) in [6.07, 6.45) is 6.00. The fourth-order valence-corrected chi connectivity index (χ4v) is 4.53. The molecule has 1 amide bonds. The van der Waals surface area contributed by atoms with Gasteiger partial charge in [-0.2, -0.15) is 0 Å². The highest BCUT2D eigenvalue weighted by atomic mass is 16.5.